The fraction of sp³-hybridized carbons (Fsp3) is 0.320. The molecule has 1 heterocycles. The normalized spacial score (nSPS) is 27.7. The van der Waals surface area contributed by atoms with Gasteiger partial charge in [0.25, 0.3) is 11.8 Å². The van der Waals surface area contributed by atoms with Crippen LogP contribution in [-0.4, -0.2) is 47.0 Å². The Morgan fingerprint density at radius 2 is 1.57 bits per heavy atom. The number of hydrogen-bond donors (Lipinski definition) is 2. The number of carbonyl (C=O) groups excluding carboxylic acids is 5. The van der Waals surface area contributed by atoms with Gasteiger partial charge in [-0.15, -0.1) is 23.2 Å². The fourth-order valence-corrected chi connectivity index (χ4v) is 6.58. The van der Waals surface area contributed by atoms with Crippen molar-refractivity contribution in [3.05, 3.63) is 64.7 Å². The Bertz CT molecular complexity index is 1290. The number of amides is 4. The number of anilines is 1. The monoisotopic (exact) mass is 563 g/mol. The second kappa shape index (κ2) is 9.96. The van der Waals surface area contributed by atoms with Gasteiger partial charge in [0.15, 0.2) is 6.61 Å². The number of hydrogen-bond acceptors (Lipinski definition) is 6. The molecule has 2 aliphatic carbocycles. The molecule has 0 spiro atoms. The Labute approximate surface area is 226 Å². The number of rotatable bonds is 5. The van der Waals surface area contributed by atoms with Crippen molar-refractivity contribution in [3.8, 4) is 0 Å². The predicted octanol–water partition coefficient (Wildman–Crippen LogP) is 2.93. The molecular formula is C25H20Cl3N3O6. The van der Waals surface area contributed by atoms with Gasteiger partial charge in [0.2, 0.25) is 11.8 Å². The Balaban J connectivity index is 1.20. The Hall–Kier alpha value is -3.14. The molecule has 9 nitrogen and oxygen atoms in total. The summed E-state index contributed by atoms with van der Waals surface area (Å²) in [6.07, 6.45) is 0.649. The Kier molecular flexibility index (Phi) is 6.87. The second-order valence-electron chi connectivity index (χ2n) is 9.12. The average molecular weight is 565 g/mol. The van der Waals surface area contributed by atoms with Crippen LogP contribution in [0.2, 0.25) is 5.02 Å². The molecule has 192 valence electrons. The van der Waals surface area contributed by atoms with Crippen molar-refractivity contribution in [1.82, 2.24) is 10.9 Å². The summed E-state index contributed by atoms with van der Waals surface area (Å²) >= 11 is 18.7. The minimum Gasteiger partial charge on any atom is -0.452 e. The fourth-order valence-electron chi connectivity index (χ4n) is 5.46. The van der Waals surface area contributed by atoms with Crippen LogP contribution in [0.4, 0.5) is 5.69 Å². The summed E-state index contributed by atoms with van der Waals surface area (Å²) < 4.78 is 5.02. The maximum Gasteiger partial charge on any atom is 0.338 e. The summed E-state index contributed by atoms with van der Waals surface area (Å²) in [5.74, 6) is -4.34. The number of imide groups is 1. The molecule has 2 aromatic carbocycles. The summed E-state index contributed by atoms with van der Waals surface area (Å²) in [5, 5.41) is -0.533. The van der Waals surface area contributed by atoms with Crippen molar-refractivity contribution in [2.45, 2.75) is 17.2 Å². The van der Waals surface area contributed by atoms with Crippen LogP contribution in [0.1, 0.15) is 27.1 Å². The topological polar surface area (TPSA) is 122 Å². The predicted molar refractivity (Wildman–Crippen MR) is 134 cm³/mol. The van der Waals surface area contributed by atoms with Crippen LogP contribution in [-0.2, 0) is 19.1 Å². The number of nitrogens with one attached hydrogen (secondary N) is 2. The number of hydrazine groups is 1. The molecule has 2 saturated carbocycles. The molecule has 6 atom stereocenters. The molecule has 4 amide bonds. The summed E-state index contributed by atoms with van der Waals surface area (Å²) in [4.78, 5) is 64.1. The molecule has 37 heavy (non-hydrogen) atoms. The molecule has 5 rings (SSSR count). The van der Waals surface area contributed by atoms with Gasteiger partial charge in [0.1, 0.15) is 0 Å². The van der Waals surface area contributed by atoms with Crippen LogP contribution in [0, 0.1) is 23.7 Å². The van der Waals surface area contributed by atoms with Crippen molar-refractivity contribution in [2.24, 2.45) is 23.7 Å². The molecule has 0 radical (unpaired) electrons. The minimum atomic E-state index is -0.851. The summed E-state index contributed by atoms with van der Waals surface area (Å²) in [7, 11) is 0. The van der Waals surface area contributed by atoms with Crippen LogP contribution in [0.15, 0.2) is 48.5 Å². The number of ether oxygens (including phenoxy) is 1. The van der Waals surface area contributed by atoms with Gasteiger partial charge in [-0.2, -0.15) is 0 Å². The highest BCUT2D eigenvalue weighted by Gasteiger charge is 2.66. The first kappa shape index (κ1) is 25.5. The van der Waals surface area contributed by atoms with Gasteiger partial charge in [0.05, 0.1) is 44.4 Å². The minimum absolute atomic E-state index is 0.0384. The number of halogens is 3. The zero-order chi connectivity index (χ0) is 26.4. The average Bonchev–Trinajstić information content (AvgIpc) is 3.50. The summed E-state index contributed by atoms with van der Waals surface area (Å²) in [6.45, 7) is -0.685. The first-order valence-corrected chi connectivity index (χ1v) is 12.7. The number of carbonyl (C=O) groups is 5. The third kappa shape index (κ3) is 4.45. The van der Waals surface area contributed by atoms with Crippen molar-refractivity contribution in [2.75, 3.05) is 11.5 Å². The maximum absolute atomic E-state index is 13.2. The molecule has 0 aromatic heterocycles. The van der Waals surface area contributed by atoms with Gasteiger partial charge in [-0.05, 0) is 48.6 Å². The van der Waals surface area contributed by atoms with Gasteiger partial charge in [-0.25, -0.2) is 4.79 Å². The van der Waals surface area contributed by atoms with E-state index in [1.54, 1.807) is 18.2 Å². The van der Waals surface area contributed by atoms with Gasteiger partial charge in [0, 0.05) is 0 Å². The Morgan fingerprint density at radius 1 is 0.919 bits per heavy atom. The largest absolute Gasteiger partial charge is 0.452 e. The summed E-state index contributed by atoms with van der Waals surface area (Å²) in [6, 6.07) is 12.1. The van der Waals surface area contributed by atoms with Crippen LogP contribution < -0.4 is 15.8 Å². The van der Waals surface area contributed by atoms with Gasteiger partial charge in [-0.1, -0.05) is 29.8 Å². The van der Waals surface area contributed by atoms with E-state index in [0.29, 0.717) is 6.42 Å². The number of esters is 1. The van der Waals surface area contributed by atoms with Gasteiger partial charge in [-0.3, -0.25) is 34.9 Å². The number of benzene rings is 2. The van der Waals surface area contributed by atoms with Gasteiger partial charge < -0.3 is 4.74 Å². The van der Waals surface area contributed by atoms with E-state index >= 15 is 0 Å². The van der Waals surface area contributed by atoms with E-state index in [9.17, 15) is 24.0 Å². The maximum atomic E-state index is 13.2. The van der Waals surface area contributed by atoms with E-state index < -0.39 is 36.2 Å². The van der Waals surface area contributed by atoms with E-state index in [-0.39, 0.29) is 56.2 Å². The van der Waals surface area contributed by atoms with Crippen LogP contribution >= 0.6 is 34.8 Å². The third-order valence-electron chi connectivity index (χ3n) is 7.10. The highest BCUT2D eigenvalue weighted by Crippen LogP contribution is 2.59. The lowest BCUT2D eigenvalue weighted by Crippen LogP contribution is -2.43. The number of fused-ring (bicyclic) bond motifs is 5. The van der Waals surface area contributed by atoms with Crippen LogP contribution in [0.25, 0.3) is 0 Å². The molecule has 2 bridgehead atoms. The molecule has 12 heteroatoms. The lowest BCUT2D eigenvalue weighted by molar-refractivity contribution is -0.125. The highest BCUT2D eigenvalue weighted by atomic mass is 35.5. The zero-order valence-electron chi connectivity index (χ0n) is 19.0. The first-order chi connectivity index (χ1) is 17.7. The number of alkyl halides is 2. The molecule has 3 fully saturated rings. The van der Waals surface area contributed by atoms with E-state index in [1.807, 2.05) is 0 Å². The van der Waals surface area contributed by atoms with Crippen molar-refractivity contribution >= 4 is 70.1 Å². The van der Waals surface area contributed by atoms with E-state index in [4.69, 9.17) is 39.5 Å². The molecule has 0 unspecified atom stereocenters. The van der Waals surface area contributed by atoms with Crippen LogP contribution in [0.5, 0.6) is 0 Å². The van der Waals surface area contributed by atoms with Crippen molar-refractivity contribution in [3.63, 3.8) is 0 Å². The molecule has 2 aromatic rings. The van der Waals surface area contributed by atoms with Crippen molar-refractivity contribution in [1.29, 1.82) is 0 Å². The summed E-state index contributed by atoms with van der Waals surface area (Å²) in [5.41, 5.74) is 4.74. The molecule has 3 aliphatic rings. The van der Waals surface area contributed by atoms with E-state index in [0.717, 1.165) is 4.90 Å². The first-order valence-electron chi connectivity index (χ1n) is 11.5. The SMILES string of the molecule is O=C(COC(=O)c1cccc(N2C(=O)[C@@H]3[C@H]4C[C@@H]([C@H](Cl)[C@H]4Cl)[C@H]3C2=O)c1)NNC(=O)c1ccccc1Cl. The highest BCUT2D eigenvalue weighted by molar-refractivity contribution is 6.34. The third-order valence-corrected chi connectivity index (χ3v) is 8.74. The Morgan fingerprint density at radius 3 is 2.22 bits per heavy atom. The lowest BCUT2D eigenvalue weighted by Gasteiger charge is -2.28. The van der Waals surface area contributed by atoms with E-state index in [1.165, 1.54) is 30.3 Å². The lowest BCUT2D eigenvalue weighted by atomic mass is 9.80. The molecular weight excluding hydrogens is 545 g/mol. The smallest absolute Gasteiger partial charge is 0.338 e. The van der Waals surface area contributed by atoms with Crippen molar-refractivity contribution < 1.29 is 28.7 Å². The quantitative estimate of drug-likeness (QED) is 0.249. The molecule has 2 N–H and O–H groups in total. The molecule has 1 saturated heterocycles. The molecule has 1 aliphatic heterocycles. The van der Waals surface area contributed by atoms with E-state index in [2.05, 4.69) is 10.9 Å². The number of nitrogens with zero attached hydrogens (tertiary/aromatic N) is 1. The van der Waals surface area contributed by atoms with Gasteiger partial charge >= 0.3 is 5.97 Å². The zero-order valence-corrected chi connectivity index (χ0v) is 21.3. The second-order valence-corrected chi connectivity index (χ2v) is 10.5. The standard InChI is InChI=1S/C25H20Cl3N3O6/c26-16-7-2-1-6-13(16)22(33)30-29-17(32)10-37-25(36)11-4-3-5-12(8-11)31-23(34)18-14-9-15(19(18)24(31)35)21(28)20(14)27/h1-8,14-15,18-21H,9-10H2,(H,29,32)(H,30,33)/t14-,15-,18-,19-,20+,21+/m1/s1. The van der Waals surface area contributed by atoms with Crippen LogP contribution in [0.3, 0.4) is 0 Å².